The van der Waals surface area contributed by atoms with E-state index >= 15 is 0 Å². The van der Waals surface area contributed by atoms with Gasteiger partial charge < -0.3 is 15.5 Å². The number of pyridine rings is 1. The Morgan fingerprint density at radius 3 is 2.40 bits per heavy atom. The van der Waals surface area contributed by atoms with Crippen molar-refractivity contribution in [3.8, 4) is 0 Å². The minimum Gasteiger partial charge on any atom is -0.867 e. The smallest absolute Gasteiger partial charge is 0.238 e. The SMILES string of the molecule is CCc1ccc(C([O-])=C(C(=S)Nc2ccc(C)c(C)c2)[n+]2cccc(CO)c2)cc1. The molecule has 0 spiro atoms. The molecule has 0 amide bonds. The van der Waals surface area contributed by atoms with Crippen molar-refractivity contribution in [3.63, 3.8) is 0 Å². The first-order valence-corrected chi connectivity index (χ1v) is 10.3. The van der Waals surface area contributed by atoms with Crippen LogP contribution in [0.2, 0.25) is 0 Å². The van der Waals surface area contributed by atoms with Crippen molar-refractivity contribution in [2.45, 2.75) is 33.8 Å². The number of aliphatic hydroxyl groups excluding tert-OH is 1. The topological polar surface area (TPSA) is 59.2 Å². The van der Waals surface area contributed by atoms with E-state index in [9.17, 15) is 10.2 Å². The molecule has 0 atom stereocenters. The molecule has 0 radical (unpaired) electrons. The van der Waals surface area contributed by atoms with Crippen molar-refractivity contribution in [1.82, 2.24) is 0 Å². The van der Waals surface area contributed by atoms with E-state index in [1.165, 1.54) is 11.1 Å². The number of benzene rings is 2. The molecule has 3 rings (SSSR count). The summed E-state index contributed by atoms with van der Waals surface area (Å²) in [6.07, 6.45) is 4.40. The summed E-state index contributed by atoms with van der Waals surface area (Å²) in [6.45, 7) is 6.04. The minimum absolute atomic E-state index is 0.120. The van der Waals surface area contributed by atoms with Gasteiger partial charge in [-0.1, -0.05) is 49.5 Å². The summed E-state index contributed by atoms with van der Waals surface area (Å²) < 4.78 is 1.68. The number of nitrogens with one attached hydrogen (secondary N) is 1. The van der Waals surface area contributed by atoms with Crippen molar-refractivity contribution in [2.75, 3.05) is 5.32 Å². The van der Waals surface area contributed by atoms with Crippen LogP contribution in [0.1, 0.15) is 34.7 Å². The number of nitrogens with zero attached hydrogens (tertiary/aromatic N) is 1. The molecule has 0 bridgehead atoms. The van der Waals surface area contributed by atoms with Crippen LogP contribution in [-0.4, -0.2) is 10.1 Å². The molecule has 1 heterocycles. The Morgan fingerprint density at radius 2 is 1.77 bits per heavy atom. The molecular weight excluding hydrogens is 392 g/mol. The molecule has 0 aliphatic heterocycles. The fourth-order valence-electron chi connectivity index (χ4n) is 3.13. The lowest BCUT2D eigenvalue weighted by atomic mass is 10.1. The number of anilines is 1. The molecule has 0 aliphatic carbocycles. The summed E-state index contributed by atoms with van der Waals surface area (Å²) in [7, 11) is 0. The zero-order valence-corrected chi connectivity index (χ0v) is 18.3. The average molecular weight is 419 g/mol. The summed E-state index contributed by atoms with van der Waals surface area (Å²) >= 11 is 5.67. The van der Waals surface area contributed by atoms with Gasteiger partial charge in [0.2, 0.25) is 5.70 Å². The first kappa shape index (κ1) is 21.7. The maximum absolute atomic E-state index is 13.4. The van der Waals surface area contributed by atoms with Crippen LogP contribution in [-0.2, 0) is 13.0 Å². The predicted octanol–water partition coefficient (Wildman–Crippen LogP) is 3.77. The third-order valence-corrected chi connectivity index (χ3v) is 5.42. The predicted molar refractivity (Wildman–Crippen MR) is 124 cm³/mol. The van der Waals surface area contributed by atoms with Gasteiger partial charge in [0.25, 0.3) is 0 Å². The second-order valence-electron chi connectivity index (χ2n) is 7.26. The van der Waals surface area contributed by atoms with Crippen LogP contribution in [0.4, 0.5) is 5.69 Å². The zero-order chi connectivity index (χ0) is 21.7. The molecule has 3 aromatic rings. The van der Waals surface area contributed by atoms with Gasteiger partial charge in [-0.2, -0.15) is 4.57 Å². The lowest BCUT2D eigenvalue weighted by Gasteiger charge is -2.18. The van der Waals surface area contributed by atoms with E-state index in [0.29, 0.717) is 21.8 Å². The Bertz CT molecular complexity index is 1090. The van der Waals surface area contributed by atoms with Crippen LogP contribution in [0, 0.1) is 13.8 Å². The van der Waals surface area contributed by atoms with Gasteiger partial charge in [-0.15, -0.1) is 0 Å². The average Bonchev–Trinajstić information content (AvgIpc) is 2.76. The number of hydrogen-bond donors (Lipinski definition) is 2. The molecule has 0 aliphatic rings. The Hall–Kier alpha value is -3.02. The number of aromatic nitrogens is 1. The molecule has 1 aromatic heterocycles. The molecule has 5 heteroatoms. The number of aliphatic hydroxyl groups is 1. The minimum atomic E-state index is -0.181. The Kier molecular flexibility index (Phi) is 6.98. The van der Waals surface area contributed by atoms with E-state index in [1.54, 1.807) is 29.1 Å². The van der Waals surface area contributed by atoms with Crippen LogP contribution in [0.15, 0.2) is 67.0 Å². The summed E-state index contributed by atoms with van der Waals surface area (Å²) in [5.74, 6) is -0.181. The standard InChI is InChI=1S/C25H26N2O2S/c1-4-19-8-10-21(11-9-19)24(29)23(27-13-5-6-20(15-27)16-28)25(30)26-22-12-7-17(2)18(3)14-22/h5-15,28H,4,16H2,1-3H3,(H-,26,29,30). The molecule has 0 saturated heterocycles. The number of thiocarbonyl (C=S) groups is 1. The highest BCUT2D eigenvalue weighted by atomic mass is 32.1. The van der Waals surface area contributed by atoms with Crippen LogP contribution >= 0.6 is 12.2 Å². The maximum atomic E-state index is 13.4. The zero-order valence-electron chi connectivity index (χ0n) is 17.5. The molecule has 154 valence electrons. The molecule has 4 nitrogen and oxygen atoms in total. The molecule has 0 saturated carbocycles. The van der Waals surface area contributed by atoms with Crippen molar-refractivity contribution in [3.05, 3.63) is 94.8 Å². The Labute approximate surface area is 183 Å². The molecule has 2 aromatic carbocycles. The van der Waals surface area contributed by atoms with Gasteiger partial charge in [0.1, 0.15) is 0 Å². The van der Waals surface area contributed by atoms with Gasteiger partial charge >= 0.3 is 0 Å². The third-order valence-electron chi connectivity index (χ3n) is 5.12. The molecule has 2 N–H and O–H groups in total. The summed E-state index contributed by atoms with van der Waals surface area (Å²) in [5, 5.41) is 26.2. The third kappa shape index (κ3) is 4.93. The van der Waals surface area contributed by atoms with E-state index in [0.717, 1.165) is 17.7 Å². The first-order valence-electron chi connectivity index (χ1n) is 9.93. The van der Waals surface area contributed by atoms with Gasteiger partial charge in [0.05, 0.1) is 6.61 Å². The highest BCUT2D eigenvalue weighted by Gasteiger charge is 2.19. The van der Waals surface area contributed by atoms with E-state index in [-0.39, 0.29) is 12.4 Å². The Morgan fingerprint density at radius 1 is 1.03 bits per heavy atom. The quantitative estimate of drug-likeness (QED) is 0.277. The highest BCUT2D eigenvalue weighted by Crippen LogP contribution is 2.20. The number of hydrogen-bond acceptors (Lipinski definition) is 3. The monoisotopic (exact) mass is 418 g/mol. The molecule has 0 unspecified atom stereocenters. The summed E-state index contributed by atoms with van der Waals surface area (Å²) in [6, 6.07) is 17.1. The van der Waals surface area contributed by atoms with Crippen LogP contribution in [0.25, 0.3) is 11.5 Å². The molecule has 0 fully saturated rings. The van der Waals surface area contributed by atoms with Crippen LogP contribution in [0.3, 0.4) is 0 Å². The van der Waals surface area contributed by atoms with E-state index < -0.39 is 0 Å². The van der Waals surface area contributed by atoms with Crippen molar-refractivity contribution in [1.29, 1.82) is 0 Å². The Balaban J connectivity index is 2.07. The van der Waals surface area contributed by atoms with Gasteiger partial charge in [-0.05, 0) is 66.5 Å². The van der Waals surface area contributed by atoms with Gasteiger partial charge in [-0.25, -0.2) is 0 Å². The van der Waals surface area contributed by atoms with E-state index in [2.05, 4.69) is 19.2 Å². The molecule has 30 heavy (non-hydrogen) atoms. The van der Waals surface area contributed by atoms with Crippen LogP contribution < -0.4 is 15.0 Å². The summed E-state index contributed by atoms with van der Waals surface area (Å²) in [5.41, 5.74) is 5.91. The number of aryl methyl sites for hydroxylation is 3. The largest absolute Gasteiger partial charge is 0.867 e. The number of rotatable bonds is 6. The van der Waals surface area contributed by atoms with Crippen molar-refractivity contribution in [2.24, 2.45) is 0 Å². The van der Waals surface area contributed by atoms with Gasteiger partial charge in [-0.3, -0.25) is 0 Å². The summed E-state index contributed by atoms with van der Waals surface area (Å²) in [4.78, 5) is 0.322. The van der Waals surface area contributed by atoms with Gasteiger partial charge in [0.15, 0.2) is 17.4 Å². The van der Waals surface area contributed by atoms with Crippen LogP contribution in [0.5, 0.6) is 0 Å². The first-order chi connectivity index (χ1) is 14.4. The maximum Gasteiger partial charge on any atom is 0.238 e. The lowest BCUT2D eigenvalue weighted by molar-refractivity contribution is -0.578. The van der Waals surface area contributed by atoms with Crippen molar-refractivity contribution >= 4 is 34.3 Å². The van der Waals surface area contributed by atoms with E-state index in [4.69, 9.17) is 12.2 Å². The molecular formula is C25H26N2O2S. The second kappa shape index (κ2) is 9.65. The highest BCUT2D eigenvalue weighted by molar-refractivity contribution is 7.81. The fourth-order valence-corrected chi connectivity index (χ4v) is 3.45. The van der Waals surface area contributed by atoms with Crippen molar-refractivity contribution < 1.29 is 14.8 Å². The second-order valence-corrected chi connectivity index (χ2v) is 7.67. The lowest BCUT2D eigenvalue weighted by Crippen LogP contribution is -2.40. The normalized spacial score (nSPS) is 11.7. The fraction of sp³-hybridized carbons (Fsp3) is 0.200. The van der Waals surface area contributed by atoms with E-state index in [1.807, 2.05) is 49.4 Å². The van der Waals surface area contributed by atoms with Gasteiger partial charge in [0, 0.05) is 17.3 Å².